The van der Waals surface area contributed by atoms with E-state index in [4.69, 9.17) is 0 Å². The maximum atomic E-state index is 12.7. The Kier molecular flexibility index (Phi) is 4.75. The molecule has 0 heterocycles. The van der Waals surface area contributed by atoms with Gasteiger partial charge < -0.3 is 0 Å². The molecule has 1 aliphatic carbocycles. The van der Waals surface area contributed by atoms with Gasteiger partial charge in [0.05, 0.1) is 0 Å². The molecule has 1 N–H and O–H groups in total. The molecule has 0 radical (unpaired) electrons. The number of hydrogen-bond donors (Lipinski definition) is 1. The molecule has 1 atom stereocenters. The number of benzene rings is 2. The van der Waals surface area contributed by atoms with Gasteiger partial charge in [-0.1, -0.05) is 74.5 Å². The highest BCUT2D eigenvalue weighted by molar-refractivity contribution is 7.87. The molecule has 25 heavy (non-hydrogen) atoms. The van der Waals surface area contributed by atoms with Crippen LogP contribution in [0, 0.1) is 5.41 Å². The van der Waals surface area contributed by atoms with Crippen LogP contribution < -0.4 is 4.72 Å². The Hall–Kier alpha value is -1.69. The summed E-state index contributed by atoms with van der Waals surface area (Å²) in [6.45, 7) is 5.17. The Morgan fingerprint density at radius 1 is 1.00 bits per heavy atom. The number of nitrogens with one attached hydrogen (secondary N) is 1. The molecule has 2 aromatic rings. The van der Waals surface area contributed by atoms with E-state index in [0.717, 1.165) is 12.0 Å². The van der Waals surface area contributed by atoms with E-state index in [9.17, 15) is 8.42 Å². The Labute approximate surface area is 151 Å². The third-order valence-corrected chi connectivity index (χ3v) is 6.91. The summed E-state index contributed by atoms with van der Waals surface area (Å²) >= 11 is 0. The van der Waals surface area contributed by atoms with Gasteiger partial charge in [0.25, 0.3) is 10.2 Å². The van der Waals surface area contributed by atoms with Gasteiger partial charge in [0.15, 0.2) is 0 Å². The Morgan fingerprint density at radius 3 is 2.04 bits per heavy atom. The summed E-state index contributed by atoms with van der Waals surface area (Å²) in [4.78, 5) is 0. The third-order valence-electron chi connectivity index (χ3n) is 5.46. The van der Waals surface area contributed by atoms with Crippen molar-refractivity contribution in [1.29, 1.82) is 0 Å². The Bertz CT molecular complexity index is 819. The summed E-state index contributed by atoms with van der Waals surface area (Å²) < 4.78 is 29.5. The number of nitrogens with zero attached hydrogens (tertiary/aromatic N) is 1. The summed E-state index contributed by atoms with van der Waals surface area (Å²) in [5.41, 5.74) is 2.14. The lowest BCUT2D eigenvalue weighted by Gasteiger charge is -2.24. The van der Waals surface area contributed by atoms with Crippen molar-refractivity contribution in [3.05, 3.63) is 71.8 Å². The van der Waals surface area contributed by atoms with Crippen LogP contribution in [0.5, 0.6) is 0 Å². The van der Waals surface area contributed by atoms with Crippen LogP contribution in [0.3, 0.4) is 0 Å². The van der Waals surface area contributed by atoms with E-state index in [2.05, 4.69) is 30.7 Å². The average molecular weight is 359 g/mol. The number of hydrogen-bond acceptors (Lipinski definition) is 2. The maximum Gasteiger partial charge on any atom is 0.279 e. The van der Waals surface area contributed by atoms with Crippen LogP contribution >= 0.6 is 0 Å². The van der Waals surface area contributed by atoms with Crippen LogP contribution in [0.15, 0.2) is 60.7 Å². The molecular formula is C20H26N2O2S. The maximum absolute atomic E-state index is 12.7. The zero-order valence-corrected chi connectivity index (χ0v) is 15.9. The van der Waals surface area contributed by atoms with Crippen molar-refractivity contribution in [1.82, 2.24) is 9.03 Å². The minimum atomic E-state index is -3.53. The van der Waals surface area contributed by atoms with E-state index >= 15 is 0 Å². The van der Waals surface area contributed by atoms with E-state index in [0.29, 0.717) is 13.1 Å². The quantitative estimate of drug-likeness (QED) is 0.825. The molecule has 1 aliphatic rings. The van der Waals surface area contributed by atoms with E-state index in [1.165, 1.54) is 9.87 Å². The second-order valence-corrected chi connectivity index (χ2v) is 9.44. The van der Waals surface area contributed by atoms with Gasteiger partial charge in [0.1, 0.15) is 0 Å². The van der Waals surface area contributed by atoms with E-state index in [1.54, 1.807) is 7.05 Å². The van der Waals surface area contributed by atoms with Crippen LogP contribution in [-0.4, -0.2) is 26.3 Å². The predicted octanol–water partition coefficient (Wildman–Crippen LogP) is 3.32. The molecule has 0 aromatic heterocycles. The zero-order valence-electron chi connectivity index (χ0n) is 15.1. The van der Waals surface area contributed by atoms with Crippen LogP contribution in [0.25, 0.3) is 0 Å². The van der Waals surface area contributed by atoms with Gasteiger partial charge in [0.2, 0.25) is 0 Å². The van der Waals surface area contributed by atoms with Gasteiger partial charge in [-0.15, -0.1) is 0 Å². The van der Waals surface area contributed by atoms with E-state index in [1.807, 2.05) is 48.5 Å². The fourth-order valence-electron chi connectivity index (χ4n) is 3.61. The highest BCUT2D eigenvalue weighted by Crippen LogP contribution is 2.63. The zero-order chi connectivity index (χ0) is 18.1. The van der Waals surface area contributed by atoms with Gasteiger partial charge >= 0.3 is 0 Å². The first kappa shape index (κ1) is 18.1. The van der Waals surface area contributed by atoms with Crippen LogP contribution in [0.4, 0.5) is 0 Å². The second-order valence-electron chi connectivity index (χ2n) is 7.58. The molecule has 1 fully saturated rings. The largest absolute Gasteiger partial charge is 0.279 e. The lowest BCUT2D eigenvalue weighted by atomic mass is 9.88. The van der Waals surface area contributed by atoms with Gasteiger partial charge in [-0.2, -0.15) is 12.7 Å². The number of rotatable bonds is 7. The topological polar surface area (TPSA) is 49.4 Å². The van der Waals surface area contributed by atoms with Gasteiger partial charge in [0, 0.05) is 25.6 Å². The molecule has 0 amide bonds. The second kappa shape index (κ2) is 6.56. The van der Waals surface area contributed by atoms with Crippen molar-refractivity contribution >= 4 is 10.2 Å². The van der Waals surface area contributed by atoms with Gasteiger partial charge in [-0.3, -0.25) is 0 Å². The van der Waals surface area contributed by atoms with Crippen LogP contribution in [0.2, 0.25) is 0 Å². The van der Waals surface area contributed by atoms with Crippen molar-refractivity contribution in [2.24, 2.45) is 5.41 Å². The van der Waals surface area contributed by atoms with Gasteiger partial charge in [-0.05, 0) is 23.0 Å². The van der Waals surface area contributed by atoms with Gasteiger partial charge in [-0.25, -0.2) is 4.72 Å². The first-order valence-corrected chi connectivity index (χ1v) is 10.0. The smallest absolute Gasteiger partial charge is 0.201 e. The molecular weight excluding hydrogens is 332 g/mol. The van der Waals surface area contributed by atoms with Crippen LogP contribution in [-0.2, 0) is 22.2 Å². The Morgan fingerprint density at radius 2 is 1.52 bits per heavy atom. The molecule has 0 aliphatic heterocycles. The lowest BCUT2D eigenvalue weighted by Crippen LogP contribution is -2.42. The highest BCUT2D eigenvalue weighted by Gasteiger charge is 2.61. The summed E-state index contributed by atoms with van der Waals surface area (Å²) in [5, 5.41) is 0. The minimum Gasteiger partial charge on any atom is -0.201 e. The first-order valence-electron chi connectivity index (χ1n) is 8.57. The van der Waals surface area contributed by atoms with Crippen molar-refractivity contribution in [2.75, 3.05) is 13.6 Å². The van der Waals surface area contributed by atoms with Crippen molar-refractivity contribution < 1.29 is 8.42 Å². The molecule has 5 heteroatoms. The summed E-state index contributed by atoms with van der Waals surface area (Å²) in [6, 6.07) is 19.8. The van der Waals surface area contributed by atoms with Crippen molar-refractivity contribution in [3.63, 3.8) is 0 Å². The summed E-state index contributed by atoms with van der Waals surface area (Å²) in [5.74, 6) is 0. The molecule has 1 saturated carbocycles. The van der Waals surface area contributed by atoms with E-state index < -0.39 is 10.2 Å². The van der Waals surface area contributed by atoms with Crippen molar-refractivity contribution in [3.8, 4) is 0 Å². The fourth-order valence-corrected chi connectivity index (χ4v) is 4.58. The first-order chi connectivity index (χ1) is 11.8. The molecule has 0 bridgehead atoms. The molecule has 1 unspecified atom stereocenters. The molecule has 0 saturated heterocycles. The molecule has 2 aromatic carbocycles. The molecule has 4 nitrogen and oxygen atoms in total. The normalized spacial score (nSPS) is 22.1. The predicted molar refractivity (Wildman–Crippen MR) is 101 cm³/mol. The average Bonchev–Trinajstić information content (AvgIpc) is 3.17. The summed E-state index contributed by atoms with van der Waals surface area (Å²) in [7, 11) is -1.91. The SMILES string of the molecule is CN(Cc1ccccc1)S(=O)(=O)NCC1(c2ccccc2)CC1(C)C. The molecule has 0 spiro atoms. The Balaban J connectivity index is 1.71. The van der Waals surface area contributed by atoms with E-state index in [-0.39, 0.29) is 10.8 Å². The molecule has 3 rings (SSSR count). The third kappa shape index (κ3) is 3.64. The summed E-state index contributed by atoms with van der Waals surface area (Å²) in [6.07, 6.45) is 0.981. The lowest BCUT2D eigenvalue weighted by molar-refractivity contribution is 0.437. The monoisotopic (exact) mass is 358 g/mol. The standard InChI is InChI=1S/C20H26N2O2S/c1-19(2)15-20(19,18-12-8-5-9-13-18)16-21-25(23,24)22(3)14-17-10-6-4-7-11-17/h4-13,21H,14-16H2,1-3H3. The van der Waals surface area contributed by atoms with Crippen molar-refractivity contribution in [2.45, 2.75) is 32.2 Å². The molecule has 134 valence electrons. The minimum absolute atomic E-state index is 0.0921. The highest BCUT2D eigenvalue weighted by atomic mass is 32.2. The fraction of sp³-hybridized carbons (Fsp3) is 0.400. The van der Waals surface area contributed by atoms with Crippen LogP contribution in [0.1, 0.15) is 31.4 Å².